The molecule has 2 aliphatic rings. The lowest BCUT2D eigenvalue weighted by Gasteiger charge is -2.21. The number of carbonyl (C=O) groups is 1. The molecule has 0 unspecified atom stereocenters. The zero-order chi connectivity index (χ0) is 16.1. The van der Waals surface area contributed by atoms with Gasteiger partial charge in [-0.2, -0.15) is 17.0 Å². The van der Waals surface area contributed by atoms with E-state index in [1.165, 1.54) is 0 Å². The molecule has 0 spiro atoms. The van der Waals surface area contributed by atoms with Crippen molar-refractivity contribution >= 4 is 17.7 Å². The highest BCUT2D eigenvalue weighted by molar-refractivity contribution is 7.99. The number of thioether (sulfide) groups is 1. The molecule has 1 aromatic carbocycles. The highest BCUT2D eigenvalue weighted by Gasteiger charge is 2.35. The summed E-state index contributed by atoms with van der Waals surface area (Å²) in [5.74, 6) is 3.05. The van der Waals surface area contributed by atoms with Crippen molar-refractivity contribution in [3.63, 3.8) is 0 Å². The Kier molecular flexibility index (Phi) is 4.97. The maximum absolute atomic E-state index is 12.2. The molecule has 1 aromatic rings. The average Bonchev–Trinajstić information content (AvgIpc) is 2.90. The number of fused-ring (bicyclic) bond motifs is 1. The van der Waals surface area contributed by atoms with Crippen LogP contribution in [0, 0.1) is 11.3 Å². The van der Waals surface area contributed by atoms with Crippen molar-refractivity contribution in [2.45, 2.75) is 31.2 Å². The summed E-state index contributed by atoms with van der Waals surface area (Å²) in [5, 5.41) is 12.2. The standard InChI is InChI=1S/C17H20N2O3S/c18-11-17(6-9-23-12-17)19-16(20)5-3-13-2-4-14-15(10-13)22-8-1-7-21-14/h2,4,10H,1,3,5-9,12H2,(H,19,20)/t17-/m0/s1. The number of carbonyl (C=O) groups excluding carboxylic acids is 1. The number of aryl methyl sites for hydroxylation is 1. The van der Waals surface area contributed by atoms with Crippen LogP contribution in [-0.2, 0) is 11.2 Å². The number of nitrogens with zero attached hydrogens (tertiary/aromatic N) is 1. The average molecular weight is 332 g/mol. The third-order valence-electron chi connectivity index (χ3n) is 4.07. The maximum Gasteiger partial charge on any atom is 0.221 e. The lowest BCUT2D eigenvalue weighted by Crippen LogP contribution is -2.47. The molecule has 0 saturated carbocycles. The van der Waals surface area contributed by atoms with Crippen molar-refractivity contribution in [2.24, 2.45) is 0 Å². The van der Waals surface area contributed by atoms with Crippen LogP contribution < -0.4 is 14.8 Å². The maximum atomic E-state index is 12.2. The first-order valence-corrected chi connectivity index (χ1v) is 9.05. The van der Waals surface area contributed by atoms with Crippen LogP contribution in [0.15, 0.2) is 18.2 Å². The summed E-state index contributed by atoms with van der Waals surface area (Å²) in [6, 6.07) is 8.07. The van der Waals surface area contributed by atoms with Gasteiger partial charge in [0.1, 0.15) is 5.54 Å². The molecule has 0 aliphatic carbocycles. The van der Waals surface area contributed by atoms with Crippen LogP contribution in [0.25, 0.3) is 0 Å². The zero-order valence-electron chi connectivity index (χ0n) is 13.0. The SMILES string of the molecule is N#C[C@@]1(NC(=O)CCc2ccc3c(c2)OCCCO3)CCSC1. The van der Waals surface area contributed by atoms with Crippen LogP contribution in [0.1, 0.15) is 24.8 Å². The number of rotatable bonds is 4. The quantitative estimate of drug-likeness (QED) is 0.916. The van der Waals surface area contributed by atoms with E-state index in [9.17, 15) is 10.1 Å². The van der Waals surface area contributed by atoms with E-state index in [1.807, 2.05) is 18.2 Å². The Hall–Kier alpha value is -1.87. The second-order valence-electron chi connectivity index (χ2n) is 5.88. The van der Waals surface area contributed by atoms with E-state index >= 15 is 0 Å². The van der Waals surface area contributed by atoms with Crippen LogP contribution in [0.3, 0.4) is 0 Å². The van der Waals surface area contributed by atoms with E-state index in [2.05, 4.69) is 11.4 Å². The van der Waals surface area contributed by atoms with Gasteiger partial charge in [-0.1, -0.05) is 6.07 Å². The molecule has 1 saturated heterocycles. The topological polar surface area (TPSA) is 71.4 Å². The molecule has 6 heteroatoms. The predicted molar refractivity (Wildman–Crippen MR) is 88.8 cm³/mol. The molecular formula is C17H20N2O3S. The Balaban J connectivity index is 1.57. The molecule has 3 rings (SSSR count). The Bertz CT molecular complexity index is 621. The molecule has 0 aromatic heterocycles. The van der Waals surface area contributed by atoms with E-state index in [1.54, 1.807) is 11.8 Å². The molecule has 122 valence electrons. The number of benzene rings is 1. The van der Waals surface area contributed by atoms with Crippen molar-refractivity contribution in [1.82, 2.24) is 5.32 Å². The Morgan fingerprint density at radius 1 is 1.35 bits per heavy atom. The van der Waals surface area contributed by atoms with Crippen molar-refractivity contribution < 1.29 is 14.3 Å². The van der Waals surface area contributed by atoms with E-state index in [4.69, 9.17) is 9.47 Å². The summed E-state index contributed by atoms with van der Waals surface area (Å²) in [6.07, 6.45) is 2.59. The highest BCUT2D eigenvalue weighted by Crippen LogP contribution is 2.31. The largest absolute Gasteiger partial charge is 0.490 e. The van der Waals surface area contributed by atoms with E-state index in [-0.39, 0.29) is 5.91 Å². The van der Waals surface area contributed by atoms with Gasteiger partial charge in [0.2, 0.25) is 5.91 Å². The summed E-state index contributed by atoms with van der Waals surface area (Å²) in [7, 11) is 0. The second kappa shape index (κ2) is 7.14. The number of nitriles is 1. The number of amides is 1. The Morgan fingerprint density at radius 2 is 2.17 bits per heavy atom. The Labute approximate surface area is 140 Å². The molecule has 2 aliphatic heterocycles. The fourth-order valence-electron chi connectivity index (χ4n) is 2.73. The van der Waals surface area contributed by atoms with Gasteiger partial charge in [0.05, 0.1) is 19.3 Å². The first-order chi connectivity index (χ1) is 11.2. The van der Waals surface area contributed by atoms with Gasteiger partial charge < -0.3 is 14.8 Å². The summed E-state index contributed by atoms with van der Waals surface area (Å²) >= 11 is 1.71. The van der Waals surface area contributed by atoms with Gasteiger partial charge in [0.15, 0.2) is 11.5 Å². The van der Waals surface area contributed by atoms with Gasteiger partial charge in [0, 0.05) is 18.6 Å². The van der Waals surface area contributed by atoms with Crippen molar-refractivity contribution in [3.8, 4) is 17.6 Å². The molecule has 1 amide bonds. The van der Waals surface area contributed by atoms with Crippen LogP contribution in [0.4, 0.5) is 0 Å². The summed E-state index contributed by atoms with van der Waals surface area (Å²) in [4.78, 5) is 12.2. The summed E-state index contributed by atoms with van der Waals surface area (Å²) in [6.45, 7) is 1.32. The third-order valence-corrected chi connectivity index (χ3v) is 5.26. The van der Waals surface area contributed by atoms with Crippen molar-refractivity contribution in [2.75, 3.05) is 24.7 Å². The molecule has 1 atom stereocenters. The fraction of sp³-hybridized carbons (Fsp3) is 0.529. The molecule has 23 heavy (non-hydrogen) atoms. The van der Waals surface area contributed by atoms with Crippen LogP contribution in [0.2, 0.25) is 0 Å². The molecule has 2 heterocycles. The van der Waals surface area contributed by atoms with Gasteiger partial charge in [-0.3, -0.25) is 4.79 Å². The van der Waals surface area contributed by atoms with E-state index in [0.717, 1.165) is 35.7 Å². The fourth-order valence-corrected chi connectivity index (χ4v) is 4.00. The second-order valence-corrected chi connectivity index (χ2v) is 6.98. The predicted octanol–water partition coefficient (Wildman–Crippen LogP) is 2.30. The highest BCUT2D eigenvalue weighted by atomic mass is 32.2. The van der Waals surface area contributed by atoms with Gasteiger partial charge in [-0.25, -0.2) is 0 Å². The minimum absolute atomic E-state index is 0.0684. The van der Waals surface area contributed by atoms with Crippen LogP contribution in [-0.4, -0.2) is 36.2 Å². The first-order valence-electron chi connectivity index (χ1n) is 7.89. The minimum Gasteiger partial charge on any atom is -0.490 e. The van der Waals surface area contributed by atoms with Gasteiger partial charge >= 0.3 is 0 Å². The molecule has 1 N–H and O–H groups in total. The Morgan fingerprint density at radius 3 is 2.91 bits per heavy atom. The van der Waals surface area contributed by atoms with Crippen molar-refractivity contribution in [1.29, 1.82) is 5.26 Å². The summed E-state index contributed by atoms with van der Waals surface area (Å²) in [5.41, 5.74) is 0.364. The normalized spacial score (nSPS) is 22.9. The summed E-state index contributed by atoms with van der Waals surface area (Å²) < 4.78 is 11.3. The number of nitrogens with one attached hydrogen (secondary N) is 1. The van der Waals surface area contributed by atoms with Gasteiger partial charge in [-0.15, -0.1) is 0 Å². The zero-order valence-corrected chi connectivity index (χ0v) is 13.8. The van der Waals surface area contributed by atoms with Gasteiger partial charge in [-0.05, 0) is 36.3 Å². The molecule has 0 bridgehead atoms. The number of hydrogen-bond donors (Lipinski definition) is 1. The van der Waals surface area contributed by atoms with E-state index in [0.29, 0.717) is 31.8 Å². The first kappa shape index (κ1) is 16.0. The molecular weight excluding hydrogens is 312 g/mol. The molecule has 5 nitrogen and oxygen atoms in total. The van der Waals surface area contributed by atoms with E-state index < -0.39 is 5.54 Å². The minimum atomic E-state index is -0.674. The third kappa shape index (κ3) is 3.91. The van der Waals surface area contributed by atoms with Gasteiger partial charge in [0.25, 0.3) is 0 Å². The van der Waals surface area contributed by atoms with Crippen molar-refractivity contribution in [3.05, 3.63) is 23.8 Å². The molecule has 0 radical (unpaired) electrons. The monoisotopic (exact) mass is 332 g/mol. The smallest absolute Gasteiger partial charge is 0.221 e. The lowest BCUT2D eigenvalue weighted by molar-refractivity contribution is -0.122. The number of hydrogen-bond acceptors (Lipinski definition) is 5. The molecule has 1 fully saturated rings. The van der Waals surface area contributed by atoms with Crippen LogP contribution in [0.5, 0.6) is 11.5 Å². The van der Waals surface area contributed by atoms with Crippen LogP contribution >= 0.6 is 11.8 Å². The number of ether oxygens (including phenoxy) is 2. The lowest BCUT2D eigenvalue weighted by atomic mass is 10.0.